The van der Waals surface area contributed by atoms with Crippen LogP contribution in [0.25, 0.3) is 0 Å². The van der Waals surface area contributed by atoms with Gasteiger partial charge in [-0.1, -0.05) is 0 Å². The zero-order chi connectivity index (χ0) is 11.1. The van der Waals surface area contributed by atoms with Crippen LogP contribution in [0, 0.1) is 0 Å². The molecule has 0 amide bonds. The zero-order valence-corrected chi connectivity index (χ0v) is 10.8. The van der Waals surface area contributed by atoms with E-state index in [-0.39, 0.29) is 35.6 Å². The summed E-state index contributed by atoms with van der Waals surface area (Å²) in [5.74, 6) is -3.28. The normalized spacial score (nSPS) is 18.1. The van der Waals surface area contributed by atoms with Gasteiger partial charge in [0.05, 0.1) is 0 Å². The number of aliphatic carboxylic acids is 2. The molecule has 0 unspecified atom stereocenters. The molecule has 0 saturated carbocycles. The summed E-state index contributed by atoms with van der Waals surface area (Å²) < 4.78 is 0. The third-order valence-corrected chi connectivity index (χ3v) is 1.65. The molecule has 1 aliphatic heterocycles. The van der Waals surface area contributed by atoms with Crippen LogP contribution in [0.2, 0.25) is 0 Å². The summed E-state index contributed by atoms with van der Waals surface area (Å²) in [7, 11) is 0. The largest absolute Gasteiger partial charge is 1.00 e. The van der Waals surface area contributed by atoms with Gasteiger partial charge in [-0.2, -0.15) is 0 Å². The Labute approximate surface area is 109 Å². The molecule has 1 heterocycles. The minimum Gasteiger partial charge on any atom is -0.542 e. The monoisotopic (exact) mass is 225 g/mol. The molecular weight excluding hydrogens is 213 g/mol. The molecule has 0 aliphatic carbocycles. The van der Waals surface area contributed by atoms with Gasteiger partial charge in [-0.15, -0.1) is 0 Å². The molecule has 1 atom stereocenters. The molecule has 6 nitrogen and oxygen atoms in total. The molecule has 0 bridgehead atoms. The summed E-state index contributed by atoms with van der Waals surface area (Å²) >= 11 is 0. The molecule has 15 heavy (non-hydrogen) atoms. The Morgan fingerprint density at radius 1 is 1.40 bits per heavy atom. The van der Waals surface area contributed by atoms with Gasteiger partial charge >= 0.3 is 35.5 Å². The fourth-order valence-electron chi connectivity index (χ4n) is 0.895. The van der Waals surface area contributed by atoms with Crippen LogP contribution in [0.5, 0.6) is 0 Å². The first-order valence-electron chi connectivity index (χ1n) is 4.13. The molecule has 7 heteroatoms. The van der Waals surface area contributed by atoms with Crippen molar-refractivity contribution in [1.29, 1.82) is 0 Å². The van der Waals surface area contributed by atoms with Crippen molar-refractivity contribution in [2.45, 2.75) is 25.8 Å². The van der Waals surface area contributed by atoms with Crippen LogP contribution in [-0.2, 0) is 14.4 Å². The fourth-order valence-corrected chi connectivity index (χ4v) is 0.895. The van der Waals surface area contributed by atoms with E-state index >= 15 is 0 Å². The standard InChI is InChI=1S/C5H9NO2.C3H4O3.Na/c7-5(8)4-2-1-3-6-4;1-2(4)3(5)6;/h4,6H,1-3H2,(H,7,8);1H3,(H,5,6);/q;;+1/p-1/t4-;;/m0../s1. The van der Waals surface area contributed by atoms with E-state index in [4.69, 9.17) is 5.11 Å². The molecule has 80 valence electrons. The zero-order valence-electron chi connectivity index (χ0n) is 8.78. The van der Waals surface area contributed by atoms with Crippen LogP contribution in [0.1, 0.15) is 19.8 Å². The number of Topliss-reactive ketones (excluding diaryl/α,β-unsaturated/α-hetero) is 1. The summed E-state index contributed by atoms with van der Waals surface area (Å²) in [5, 5.41) is 20.4. The summed E-state index contributed by atoms with van der Waals surface area (Å²) in [6, 6.07) is -0.269. The Morgan fingerprint density at radius 3 is 2.00 bits per heavy atom. The van der Waals surface area contributed by atoms with Crippen molar-refractivity contribution in [3.8, 4) is 0 Å². The number of rotatable bonds is 2. The van der Waals surface area contributed by atoms with Crippen LogP contribution < -0.4 is 40.0 Å². The van der Waals surface area contributed by atoms with Crippen LogP contribution in [0.3, 0.4) is 0 Å². The molecule has 0 aromatic heterocycles. The van der Waals surface area contributed by atoms with E-state index in [2.05, 4.69) is 5.32 Å². The Hall–Kier alpha value is -0.430. The Balaban J connectivity index is 0. The fraction of sp³-hybridized carbons (Fsp3) is 0.625. The molecule has 0 aromatic rings. The number of hydrogen-bond acceptors (Lipinski definition) is 5. The van der Waals surface area contributed by atoms with E-state index in [0.29, 0.717) is 0 Å². The van der Waals surface area contributed by atoms with Crippen molar-refractivity contribution in [2.24, 2.45) is 0 Å². The number of carboxylic acid groups (broad SMARTS) is 2. The first kappa shape index (κ1) is 17.0. The van der Waals surface area contributed by atoms with Gasteiger partial charge in [-0.25, -0.2) is 0 Å². The molecule has 0 radical (unpaired) electrons. The predicted molar refractivity (Wildman–Crippen MR) is 44.3 cm³/mol. The van der Waals surface area contributed by atoms with Crippen molar-refractivity contribution in [3.05, 3.63) is 0 Å². The first-order valence-corrected chi connectivity index (χ1v) is 4.13. The van der Waals surface area contributed by atoms with Gasteiger partial charge in [0.1, 0.15) is 12.0 Å². The molecule has 1 aliphatic rings. The topological polar surface area (TPSA) is 107 Å². The first-order chi connectivity index (χ1) is 6.45. The molecule has 0 spiro atoms. The predicted octanol–water partition coefficient (Wildman–Crippen LogP) is -4.85. The number of hydrogen-bond donors (Lipinski definition) is 2. The molecule has 2 N–H and O–H groups in total. The maximum absolute atomic E-state index is 10.1. The van der Waals surface area contributed by atoms with Gasteiger partial charge in [-0.3, -0.25) is 9.59 Å². The molecular formula is C8H12NNaO5. The molecule has 0 aromatic carbocycles. The van der Waals surface area contributed by atoms with E-state index in [1.807, 2.05) is 0 Å². The maximum Gasteiger partial charge on any atom is 1.00 e. The quantitative estimate of drug-likeness (QED) is 0.360. The van der Waals surface area contributed by atoms with Gasteiger partial charge in [0.15, 0.2) is 5.78 Å². The van der Waals surface area contributed by atoms with E-state index in [1.54, 1.807) is 0 Å². The smallest absolute Gasteiger partial charge is 0.542 e. The van der Waals surface area contributed by atoms with E-state index < -0.39 is 17.7 Å². The molecule has 1 fully saturated rings. The van der Waals surface area contributed by atoms with Crippen LogP contribution in [-0.4, -0.2) is 35.4 Å². The van der Waals surface area contributed by atoms with Gasteiger partial charge < -0.3 is 20.3 Å². The number of nitrogens with one attached hydrogen (secondary N) is 1. The average molecular weight is 225 g/mol. The van der Waals surface area contributed by atoms with Crippen molar-refractivity contribution in [3.63, 3.8) is 0 Å². The van der Waals surface area contributed by atoms with Gasteiger partial charge in [0.25, 0.3) is 0 Å². The Morgan fingerprint density at radius 2 is 1.87 bits per heavy atom. The average Bonchev–Trinajstić information content (AvgIpc) is 2.56. The number of carboxylic acids is 2. The van der Waals surface area contributed by atoms with Crippen LogP contribution >= 0.6 is 0 Å². The van der Waals surface area contributed by atoms with E-state index in [1.165, 1.54) is 0 Å². The second-order valence-electron chi connectivity index (χ2n) is 2.83. The van der Waals surface area contributed by atoms with Crippen molar-refractivity contribution in [2.75, 3.05) is 6.54 Å². The summed E-state index contributed by atoms with van der Waals surface area (Å²) in [4.78, 5) is 28.9. The minimum atomic E-state index is -1.63. The van der Waals surface area contributed by atoms with Gasteiger partial charge in [0, 0.05) is 6.92 Å². The SMILES string of the molecule is CC(=O)C(=O)[O-].O=C(O)[C@@H]1CCCN1.[Na+]. The number of carbonyl (C=O) groups is 3. The van der Waals surface area contributed by atoms with Crippen LogP contribution in [0.15, 0.2) is 0 Å². The molecule has 1 saturated heterocycles. The summed E-state index contributed by atoms with van der Waals surface area (Å²) in [6.45, 7) is 1.80. The second kappa shape index (κ2) is 8.84. The number of ketones is 1. The third kappa shape index (κ3) is 8.56. The van der Waals surface area contributed by atoms with Crippen LogP contribution in [0.4, 0.5) is 0 Å². The number of carbonyl (C=O) groups excluding carboxylic acids is 2. The summed E-state index contributed by atoms with van der Waals surface area (Å²) in [5.41, 5.74) is 0. The van der Waals surface area contributed by atoms with E-state index in [9.17, 15) is 19.5 Å². The summed E-state index contributed by atoms with van der Waals surface area (Å²) in [6.07, 6.45) is 1.78. The Kier molecular flexibility index (Phi) is 10.0. The third-order valence-electron chi connectivity index (χ3n) is 1.65. The van der Waals surface area contributed by atoms with Gasteiger partial charge in [0.2, 0.25) is 0 Å². The van der Waals surface area contributed by atoms with Crippen molar-refractivity contribution < 1.29 is 54.2 Å². The second-order valence-corrected chi connectivity index (χ2v) is 2.83. The minimum absolute atomic E-state index is 0. The Bertz CT molecular complexity index is 225. The van der Waals surface area contributed by atoms with E-state index in [0.717, 1.165) is 26.3 Å². The van der Waals surface area contributed by atoms with Crippen molar-refractivity contribution in [1.82, 2.24) is 5.32 Å². The maximum atomic E-state index is 10.1. The molecule has 1 rings (SSSR count). The van der Waals surface area contributed by atoms with Gasteiger partial charge in [-0.05, 0) is 19.4 Å². The van der Waals surface area contributed by atoms with Crippen molar-refractivity contribution >= 4 is 17.7 Å².